The second-order valence-corrected chi connectivity index (χ2v) is 7.23. The van der Waals surface area contributed by atoms with Crippen LogP contribution in [0, 0.1) is 0 Å². The Balaban J connectivity index is 1.39. The minimum absolute atomic E-state index is 0.153. The van der Waals surface area contributed by atoms with Crippen LogP contribution in [0.1, 0.15) is 18.4 Å². The molecule has 1 atom stereocenters. The van der Waals surface area contributed by atoms with Crippen LogP contribution in [0.4, 0.5) is 9.59 Å². The van der Waals surface area contributed by atoms with E-state index >= 15 is 0 Å². The quantitative estimate of drug-likeness (QED) is 0.868. The van der Waals surface area contributed by atoms with Gasteiger partial charge in [0.25, 0.3) is 0 Å². The van der Waals surface area contributed by atoms with E-state index in [0.29, 0.717) is 26.2 Å². The molecule has 4 rings (SSSR count). The number of urea groups is 1. The number of nitrogens with zero attached hydrogens (tertiary/aromatic N) is 3. The Kier molecular flexibility index (Phi) is 4.47. The molecule has 0 radical (unpaired) electrons. The predicted octanol–water partition coefficient (Wildman–Crippen LogP) is 2.20. The van der Waals surface area contributed by atoms with E-state index in [-0.39, 0.29) is 12.1 Å². The summed E-state index contributed by atoms with van der Waals surface area (Å²) in [5.74, 6) is 0. The molecule has 2 aliphatic heterocycles. The van der Waals surface area contributed by atoms with Gasteiger partial charge in [0.15, 0.2) is 0 Å². The van der Waals surface area contributed by atoms with E-state index in [2.05, 4.69) is 15.5 Å². The molecule has 2 fully saturated rings. The van der Waals surface area contributed by atoms with Gasteiger partial charge in [-0.05, 0) is 18.4 Å². The van der Waals surface area contributed by atoms with E-state index in [1.165, 1.54) is 0 Å². The summed E-state index contributed by atoms with van der Waals surface area (Å²) in [6.45, 7) is 1.98. The molecule has 2 saturated heterocycles. The third-order valence-corrected chi connectivity index (χ3v) is 5.18. The number of likely N-dealkylation sites (tertiary alicyclic amines) is 1. The van der Waals surface area contributed by atoms with Gasteiger partial charge in [-0.1, -0.05) is 30.3 Å². The van der Waals surface area contributed by atoms with Gasteiger partial charge in [-0.25, -0.2) is 9.59 Å². The molecule has 0 aliphatic carbocycles. The predicted molar refractivity (Wildman–Crippen MR) is 98.9 cm³/mol. The van der Waals surface area contributed by atoms with Gasteiger partial charge in [0.1, 0.15) is 5.60 Å². The Hall–Kier alpha value is -3.03. The summed E-state index contributed by atoms with van der Waals surface area (Å²) < 4.78 is 5.56. The molecule has 2 aliphatic rings. The number of benzene rings is 1. The van der Waals surface area contributed by atoms with Crippen molar-refractivity contribution in [2.75, 3.05) is 26.7 Å². The lowest BCUT2D eigenvalue weighted by molar-refractivity contribution is 0.00318. The second-order valence-electron chi connectivity index (χ2n) is 7.23. The van der Waals surface area contributed by atoms with Crippen LogP contribution in [0.2, 0.25) is 0 Å². The molecule has 0 bridgehead atoms. The van der Waals surface area contributed by atoms with Crippen LogP contribution in [0.3, 0.4) is 0 Å². The number of hydrogen-bond acceptors (Lipinski definition) is 4. The average Bonchev–Trinajstić information content (AvgIpc) is 3.25. The number of H-pyrrole nitrogens is 1. The van der Waals surface area contributed by atoms with E-state index in [0.717, 1.165) is 29.7 Å². The van der Waals surface area contributed by atoms with Crippen LogP contribution in [-0.2, 0) is 11.3 Å². The first kappa shape index (κ1) is 17.4. The zero-order valence-electron chi connectivity index (χ0n) is 15.3. The maximum atomic E-state index is 12.7. The summed E-state index contributed by atoms with van der Waals surface area (Å²) in [6, 6.07) is 9.73. The maximum absolute atomic E-state index is 12.7. The highest BCUT2D eigenvalue weighted by molar-refractivity contribution is 5.75. The van der Waals surface area contributed by atoms with Crippen LogP contribution < -0.4 is 5.32 Å². The standard InChI is InChI=1S/C19H23N5O3/c1-23-12-19(27-18(23)26)8-5-9-24(13-19)17(25)20-10-15-11-21-22-16(15)14-6-3-2-4-7-14/h2-4,6-7,11H,5,8-10,12-13H2,1H3,(H,20,25)(H,21,22). The highest BCUT2D eigenvalue weighted by atomic mass is 16.6. The fourth-order valence-electron chi connectivity index (χ4n) is 3.86. The molecule has 3 heterocycles. The molecule has 1 unspecified atom stereocenters. The van der Waals surface area contributed by atoms with Gasteiger partial charge in [-0.3, -0.25) is 5.10 Å². The van der Waals surface area contributed by atoms with E-state index in [1.807, 2.05) is 30.3 Å². The van der Waals surface area contributed by atoms with Crippen molar-refractivity contribution in [3.8, 4) is 11.3 Å². The van der Waals surface area contributed by atoms with E-state index in [9.17, 15) is 9.59 Å². The number of rotatable bonds is 3. The molecule has 1 aromatic carbocycles. The Morgan fingerprint density at radius 1 is 1.33 bits per heavy atom. The highest BCUT2D eigenvalue weighted by Crippen LogP contribution is 2.31. The number of hydrogen-bond donors (Lipinski definition) is 2. The summed E-state index contributed by atoms with van der Waals surface area (Å²) in [7, 11) is 1.72. The van der Waals surface area contributed by atoms with Gasteiger partial charge in [-0.15, -0.1) is 0 Å². The van der Waals surface area contributed by atoms with Crippen molar-refractivity contribution in [1.29, 1.82) is 0 Å². The lowest BCUT2D eigenvalue weighted by Gasteiger charge is -2.38. The lowest BCUT2D eigenvalue weighted by atomic mass is 9.93. The molecule has 8 nitrogen and oxygen atoms in total. The van der Waals surface area contributed by atoms with E-state index < -0.39 is 5.60 Å². The van der Waals surface area contributed by atoms with Crippen molar-refractivity contribution in [3.05, 3.63) is 42.1 Å². The minimum atomic E-state index is -0.577. The largest absolute Gasteiger partial charge is 0.439 e. The van der Waals surface area contributed by atoms with Gasteiger partial charge in [0.2, 0.25) is 0 Å². The van der Waals surface area contributed by atoms with Gasteiger partial charge in [0.05, 0.1) is 25.0 Å². The number of amides is 3. The normalized spacial score (nSPS) is 22.2. The fourth-order valence-corrected chi connectivity index (χ4v) is 3.86. The van der Waals surface area contributed by atoms with Crippen molar-refractivity contribution < 1.29 is 14.3 Å². The number of carbonyl (C=O) groups excluding carboxylic acids is 2. The van der Waals surface area contributed by atoms with Crippen molar-refractivity contribution in [2.45, 2.75) is 25.0 Å². The topological polar surface area (TPSA) is 90.6 Å². The molecule has 2 N–H and O–H groups in total. The van der Waals surface area contributed by atoms with Crippen molar-refractivity contribution >= 4 is 12.1 Å². The molecule has 1 spiro atoms. The second kappa shape index (κ2) is 6.94. The summed E-state index contributed by atoms with van der Waals surface area (Å²) >= 11 is 0. The molecule has 0 saturated carbocycles. The van der Waals surface area contributed by atoms with Crippen LogP contribution in [-0.4, -0.2) is 64.4 Å². The molecule has 2 aromatic rings. The number of piperidine rings is 1. The van der Waals surface area contributed by atoms with Crippen LogP contribution in [0.15, 0.2) is 36.5 Å². The number of carbonyl (C=O) groups is 2. The zero-order valence-corrected chi connectivity index (χ0v) is 15.3. The SMILES string of the molecule is CN1CC2(CCCN(C(=O)NCc3cn[nH]c3-c3ccccc3)C2)OC1=O. The number of likely N-dealkylation sites (N-methyl/N-ethyl adjacent to an activating group) is 1. The van der Waals surface area contributed by atoms with Crippen molar-refractivity contribution in [3.63, 3.8) is 0 Å². The molecular weight excluding hydrogens is 346 g/mol. The summed E-state index contributed by atoms with van der Waals surface area (Å²) in [4.78, 5) is 27.7. The number of aromatic amines is 1. The molecule has 142 valence electrons. The number of aromatic nitrogens is 2. The third-order valence-electron chi connectivity index (χ3n) is 5.18. The zero-order chi connectivity index (χ0) is 18.9. The summed E-state index contributed by atoms with van der Waals surface area (Å²) in [5, 5.41) is 10.1. The summed E-state index contributed by atoms with van der Waals surface area (Å²) in [5.41, 5.74) is 2.27. The first-order valence-electron chi connectivity index (χ1n) is 9.11. The fraction of sp³-hybridized carbons (Fsp3) is 0.421. The third kappa shape index (κ3) is 3.47. The molecule has 1 aromatic heterocycles. The molecule has 3 amide bonds. The molecule has 27 heavy (non-hydrogen) atoms. The van der Waals surface area contributed by atoms with E-state index in [4.69, 9.17) is 4.74 Å². The van der Waals surface area contributed by atoms with Crippen molar-refractivity contribution in [1.82, 2.24) is 25.3 Å². The van der Waals surface area contributed by atoms with Gasteiger partial charge >= 0.3 is 12.1 Å². The van der Waals surface area contributed by atoms with E-state index in [1.54, 1.807) is 23.0 Å². The highest BCUT2D eigenvalue weighted by Gasteiger charge is 2.47. The number of nitrogens with one attached hydrogen (secondary N) is 2. The van der Waals surface area contributed by atoms with Gasteiger partial charge in [-0.2, -0.15) is 5.10 Å². The first-order chi connectivity index (χ1) is 13.1. The molecular formula is C19H23N5O3. The van der Waals surface area contributed by atoms with Crippen molar-refractivity contribution in [2.24, 2.45) is 0 Å². The smallest absolute Gasteiger partial charge is 0.410 e. The Bertz CT molecular complexity index is 837. The lowest BCUT2D eigenvalue weighted by Crippen LogP contribution is -2.54. The van der Waals surface area contributed by atoms with Crippen LogP contribution in [0.25, 0.3) is 11.3 Å². The Labute approximate surface area is 157 Å². The molecule has 8 heteroatoms. The Morgan fingerprint density at radius 3 is 2.89 bits per heavy atom. The maximum Gasteiger partial charge on any atom is 0.410 e. The monoisotopic (exact) mass is 369 g/mol. The van der Waals surface area contributed by atoms with Crippen LogP contribution >= 0.6 is 0 Å². The average molecular weight is 369 g/mol. The van der Waals surface area contributed by atoms with Gasteiger partial charge in [0, 0.05) is 25.7 Å². The first-order valence-corrected chi connectivity index (χ1v) is 9.11. The number of ether oxygens (including phenoxy) is 1. The van der Waals surface area contributed by atoms with Gasteiger partial charge < -0.3 is 19.9 Å². The van der Waals surface area contributed by atoms with Crippen LogP contribution in [0.5, 0.6) is 0 Å². The Morgan fingerprint density at radius 2 is 2.15 bits per heavy atom. The summed E-state index contributed by atoms with van der Waals surface area (Å²) in [6.07, 6.45) is 3.01. The minimum Gasteiger partial charge on any atom is -0.439 e.